The molecule has 1 saturated heterocycles. The summed E-state index contributed by atoms with van der Waals surface area (Å²) in [5, 5.41) is 2.74. The fourth-order valence-corrected chi connectivity index (χ4v) is 4.25. The Balaban J connectivity index is 1.36. The van der Waals surface area contributed by atoms with Gasteiger partial charge in [0.25, 0.3) is 5.91 Å². The molecule has 0 radical (unpaired) electrons. The number of hydrogen-bond acceptors (Lipinski definition) is 4. The topological polar surface area (TPSA) is 46.1 Å². The van der Waals surface area contributed by atoms with Crippen LogP contribution in [0.4, 0.5) is 0 Å². The van der Waals surface area contributed by atoms with E-state index in [0.29, 0.717) is 11.6 Å². The lowest BCUT2D eigenvalue weighted by Crippen LogP contribution is -2.39. The number of thiazole rings is 1. The number of pyridine rings is 1. The smallest absolute Gasteiger partial charge is 0.273 e. The molecule has 0 aliphatic carbocycles. The van der Waals surface area contributed by atoms with Crippen molar-refractivity contribution in [1.29, 1.82) is 0 Å². The van der Waals surface area contributed by atoms with Crippen LogP contribution in [0.15, 0.2) is 60.2 Å². The zero-order valence-corrected chi connectivity index (χ0v) is 15.4. The Kier molecular flexibility index (Phi) is 5.07. The van der Waals surface area contributed by atoms with Gasteiger partial charge in [0, 0.05) is 36.4 Å². The van der Waals surface area contributed by atoms with Crippen LogP contribution in [0.1, 0.15) is 28.9 Å². The van der Waals surface area contributed by atoms with E-state index in [9.17, 15) is 4.79 Å². The summed E-state index contributed by atoms with van der Waals surface area (Å²) in [7, 11) is 0. The largest absolute Gasteiger partial charge is 0.337 e. The highest BCUT2D eigenvalue weighted by Gasteiger charge is 2.25. The molecule has 4 nitrogen and oxygen atoms in total. The van der Waals surface area contributed by atoms with Crippen LogP contribution in [0.3, 0.4) is 0 Å². The van der Waals surface area contributed by atoms with Crippen molar-refractivity contribution < 1.29 is 4.79 Å². The first-order valence-corrected chi connectivity index (χ1v) is 9.86. The van der Waals surface area contributed by atoms with Crippen LogP contribution in [-0.4, -0.2) is 33.9 Å². The third-order valence-corrected chi connectivity index (χ3v) is 5.81. The molecule has 26 heavy (non-hydrogen) atoms. The van der Waals surface area contributed by atoms with Gasteiger partial charge >= 0.3 is 0 Å². The van der Waals surface area contributed by atoms with Gasteiger partial charge in [0.15, 0.2) is 0 Å². The fourth-order valence-electron chi connectivity index (χ4n) is 3.45. The van der Waals surface area contributed by atoms with Crippen LogP contribution in [-0.2, 0) is 6.42 Å². The maximum atomic E-state index is 12.8. The van der Waals surface area contributed by atoms with E-state index in [1.807, 2.05) is 22.4 Å². The average Bonchev–Trinajstić information content (AvgIpc) is 3.20. The van der Waals surface area contributed by atoms with Gasteiger partial charge in [-0.15, -0.1) is 11.3 Å². The lowest BCUT2D eigenvalue weighted by molar-refractivity contribution is 0.0685. The van der Waals surface area contributed by atoms with Crippen molar-refractivity contribution in [2.45, 2.75) is 19.3 Å². The molecule has 0 atom stereocenters. The summed E-state index contributed by atoms with van der Waals surface area (Å²) in [5.74, 6) is 0.712. The highest BCUT2D eigenvalue weighted by atomic mass is 32.1. The van der Waals surface area contributed by atoms with Crippen LogP contribution in [0.2, 0.25) is 0 Å². The lowest BCUT2D eigenvalue weighted by atomic mass is 9.90. The second-order valence-electron chi connectivity index (χ2n) is 6.70. The van der Waals surface area contributed by atoms with Gasteiger partial charge in [0.1, 0.15) is 10.7 Å². The monoisotopic (exact) mass is 363 g/mol. The van der Waals surface area contributed by atoms with E-state index in [-0.39, 0.29) is 5.91 Å². The van der Waals surface area contributed by atoms with E-state index in [4.69, 9.17) is 0 Å². The maximum Gasteiger partial charge on any atom is 0.273 e. The number of rotatable bonds is 4. The van der Waals surface area contributed by atoms with Gasteiger partial charge in [-0.2, -0.15) is 0 Å². The van der Waals surface area contributed by atoms with Crippen molar-refractivity contribution in [2.75, 3.05) is 13.1 Å². The first kappa shape index (κ1) is 16.9. The normalized spacial score (nSPS) is 15.2. The first-order chi connectivity index (χ1) is 12.8. The van der Waals surface area contributed by atoms with E-state index in [2.05, 4.69) is 40.3 Å². The third-order valence-electron chi connectivity index (χ3n) is 4.92. The molecule has 0 saturated carbocycles. The van der Waals surface area contributed by atoms with Crippen LogP contribution in [0.25, 0.3) is 10.6 Å². The van der Waals surface area contributed by atoms with Crippen molar-refractivity contribution in [3.05, 3.63) is 71.5 Å². The Bertz CT molecular complexity index is 855. The predicted octanol–water partition coefficient (Wildman–Crippen LogP) is 4.30. The Morgan fingerprint density at radius 3 is 2.54 bits per heavy atom. The molecule has 4 rings (SSSR count). The molecule has 3 heterocycles. The summed E-state index contributed by atoms with van der Waals surface area (Å²) in [6.45, 7) is 1.64. The molecule has 1 aliphatic rings. The van der Waals surface area contributed by atoms with Gasteiger partial charge in [-0.1, -0.05) is 30.3 Å². The molecule has 5 heteroatoms. The fraction of sp³-hybridized carbons (Fsp3) is 0.286. The first-order valence-electron chi connectivity index (χ1n) is 8.99. The summed E-state index contributed by atoms with van der Waals surface area (Å²) >= 11 is 1.51. The van der Waals surface area contributed by atoms with Crippen molar-refractivity contribution >= 4 is 17.2 Å². The number of hydrogen-bond donors (Lipinski definition) is 0. The third kappa shape index (κ3) is 3.83. The van der Waals surface area contributed by atoms with E-state index < -0.39 is 0 Å². The second-order valence-corrected chi connectivity index (χ2v) is 7.56. The second kappa shape index (κ2) is 7.79. The Morgan fingerprint density at radius 1 is 1.08 bits per heavy atom. The van der Waals surface area contributed by atoms with Gasteiger partial charge in [-0.3, -0.25) is 9.78 Å². The van der Waals surface area contributed by atoms with Crippen molar-refractivity contribution in [2.24, 2.45) is 5.92 Å². The van der Waals surface area contributed by atoms with E-state index in [1.54, 1.807) is 12.4 Å². The maximum absolute atomic E-state index is 12.8. The quantitative estimate of drug-likeness (QED) is 0.694. The van der Waals surface area contributed by atoms with Gasteiger partial charge in [0.05, 0.1) is 0 Å². The molecule has 0 N–H and O–H groups in total. The summed E-state index contributed by atoms with van der Waals surface area (Å²) in [6.07, 6.45) is 6.71. The summed E-state index contributed by atoms with van der Waals surface area (Å²) < 4.78 is 0. The molecule has 2 aromatic heterocycles. The van der Waals surface area contributed by atoms with Gasteiger partial charge < -0.3 is 4.90 Å². The number of aromatic nitrogens is 2. The number of nitrogens with zero attached hydrogens (tertiary/aromatic N) is 3. The molecule has 0 bridgehead atoms. The highest BCUT2D eigenvalue weighted by Crippen LogP contribution is 2.26. The molecular weight excluding hydrogens is 342 g/mol. The van der Waals surface area contributed by atoms with E-state index in [0.717, 1.165) is 42.9 Å². The number of amides is 1. The minimum absolute atomic E-state index is 0.0553. The zero-order valence-electron chi connectivity index (χ0n) is 14.5. The van der Waals surface area contributed by atoms with Crippen LogP contribution in [0.5, 0.6) is 0 Å². The molecule has 1 aromatic carbocycles. The molecule has 132 valence electrons. The average molecular weight is 363 g/mol. The Morgan fingerprint density at radius 2 is 1.81 bits per heavy atom. The molecule has 0 spiro atoms. The summed E-state index contributed by atoms with van der Waals surface area (Å²) in [4.78, 5) is 23.3. The van der Waals surface area contributed by atoms with Crippen molar-refractivity contribution in [1.82, 2.24) is 14.9 Å². The lowest BCUT2D eigenvalue weighted by Gasteiger charge is -2.31. The standard InChI is InChI=1S/C21H21N3OS/c25-21(19-15-26-20(23-19)18-6-10-22-11-7-18)24-12-8-17(9-13-24)14-16-4-2-1-3-5-16/h1-7,10-11,15,17H,8-9,12-14H2. The summed E-state index contributed by atoms with van der Waals surface area (Å²) in [6, 6.07) is 14.5. The molecule has 0 unspecified atom stereocenters. The molecule has 1 aliphatic heterocycles. The van der Waals surface area contributed by atoms with E-state index in [1.165, 1.54) is 16.9 Å². The van der Waals surface area contributed by atoms with Crippen LogP contribution < -0.4 is 0 Å². The van der Waals surface area contributed by atoms with Crippen LogP contribution in [0, 0.1) is 5.92 Å². The number of likely N-dealkylation sites (tertiary alicyclic amines) is 1. The van der Waals surface area contributed by atoms with Crippen molar-refractivity contribution in [3.8, 4) is 10.6 Å². The number of benzene rings is 1. The SMILES string of the molecule is O=C(c1csc(-c2ccncc2)n1)N1CCC(Cc2ccccc2)CC1. The van der Waals surface area contributed by atoms with Crippen molar-refractivity contribution in [3.63, 3.8) is 0 Å². The van der Waals surface area contributed by atoms with Gasteiger partial charge in [-0.05, 0) is 42.9 Å². The number of piperidine rings is 1. The number of carbonyl (C=O) groups excluding carboxylic acids is 1. The molecular formula is C21H21N3OS. The van der Waals surface area contributed by atoms with E-state index >= 15 is 0 Å². The molecule has 3 aromatic rings. The van der Waals surface area contributed by atoms with Gasteiger partial charge in [-0.25, -0.2) is 4.98 Å². The van der Waals surface area contributed by atoms with Gasteiger partial charge in [0.2, 0.25) is 0 Å². The Hall–Kier alpha value is -2.53. The highest BCUT2D eigenvalue weighted by molar-refractivity contribution is 7.13. The Labute approximate surface area is 157 Å². The zero-order chi connectivity index (χ0) is 17.8. The minimum atomic E-state index is 0.0553. The molecule has 1 fully saturated rings. The van der Waals surface area contributed by atoms with Crippen LogP contribution >= 0.6 is 11.3 Å². The number of carbonyl (C=O) groups is 1. The predicted molar refractivity (Wildman–Crippen MR) is 104 cm³/mol. The molecule has 1 amide bonds. The summed E-state index contributed by atoms with van der Waals surface area (Å²) in [5.41, 5.74) is 2.95. The minimum Gasteiger partial charge on any atom is -0.337 e.